The molecule has 1 atom stereocenters. The normalized spacial score (nSPS) is 11.4. The van der Waals surface area contributed by atoms with E-state index in [1.165, 1.54) is 5.56 Å². The fourth-order valence-electron chi connectivity index (χ4n) is 1.94. The average Bonchev–Trinajstić information content (AvgIpc) is 2.36. The number of rotatable bonds is 7. The summed E-state index contributed by atoms with van der Waals surface area (Å²) in [6.45, 7) is 6.42. The molecule has 0 amide bonds. The van der Waals surface area contributed by atoms with Crippen molar-refractivity contribution in [3.8, 4) is 5.75 Å². The van der Waals surface area contributed by atoms with E-state index in [1.807, 2.05) is 31.2 Å². The first kappa shape index (κ1) is 14.1. The number of allylic oxidation sites excluding steroid dienone is 1. The van der Waals surface area contributed by atoms with E-state index in [-0.39, 0.29) is 0 Å². The zero-order chi connectivity index (χ0) is 13.4. The lowest BCUT2D eigenvalue weighted by molar-refractivity contribution is 0.414. The Hall–Kier alpha value is -1.93. The number of nitrogens with zero attached hydrogens (tertiary/aromatic N) is 3. The first-order chi connectivity index (χ1) is 8.65. The van der Waals surface area contributed by atoms with Crippen LogP contribution >= 0.6 is 0 Å². The van der Waals surface area contributed by atoms with E-state index in [0.29, 0.717) is 12.5 Å². The Bertz CT molecular complexity index is 429. The van der Waals surface area contributed by atoms with Crippen molar-refractivity contribution in [2.45, 2.75) is 19.8 Å². The van der Waals surface area contributed by atoms with E-state index in [9.17, 15) is 0 Å². The maximum absolute atomic E-state index is 8.40. The Balaban J connectivity index is 2.68. The minimum absolute atomic E-state index is 0.312. The Morgan fingerprint density at radius 3 is 2.61 bits per heavy atom. The lowest BCUT2D eigenvalue weighted by atomic mass is 9.93. The van der Waals surface area contributed by atoms with Crippen LogP contribution in [0.2, 0.25) is 0 Å². The van der Waals surface area contributed by atoms with Crippen molar-refractivity contribution in [3.63, 3.8) is 0 Å². The number of azide groups is 1. The minimum Gasteiger partial charge on any atom is -0.497 e. The second-order valence-corrected chi connectivity index (χ2v) is 4.49. The van der Waals surface area contributed by atoms with Crippen LogP contribution in [-0.4, -0.2) is 13.7 Å². The molecule has 0 saturated carbocycles. The maximum atomic E-state index is 8.40. The van der Waals surface area contributed by atoms with Crippen molar-refractivity contribution in [1.82, 2.24) is 0 Å². The molecule has 1 aromatic carbocycles. The van der Waals surface area contributed by atoms with Crippen LogP contribution in [0.15, 0.2) is 41.5 Å². The van der Waals surface area contributed by atoms with Crippen molar-refractivity contribution in [2.75, 3.05) is 13.7 Å². The van der Waals surface area contributed by atoms with Crippen molar-refractivity contribution in [1.29, 1.82) is 0 Å². The van der Waals surface area contributed by atoms with Crippen LogP contribution in [-0.2, 0) is 6.42 Å². The van der Waals surface area contributed by atoms with Gasteiger partial charge in [0.05, 0.1) is 7.11 Å². The van der Waals surface area contributed by atoms with E-state index in [0.717, 1.165) is 24.2 Å². The van der Waals surface area contributed by atoms with Gasteiger partial charge in [0.1, 0.15) is 5.75 Å². The fraction of sp³-hybridized carbons (Fsp3) is 0.429. The van der Waals surface area contributed by atoms with Gasteiger partial charge in [-0.3, -0.25) is 0 Å². The second-order valence-electron chi connectivity index (χ2n) is 4.49. The molecule has 96 valence electrons. The highest BCUT2D eigenvalue weighted by Gasteiger charge is 2.09. The van der Waals surface area contributed by atoms with Crippen LogP contribution in [0.5, 0.6) is 5.75 Å². The molecule has 0 bridgehead atoms. The Morgan fingerprint density at radius 2 is 2.11 bits per heavy atom. The Morgan fingerprint density at radius 1 is 1.44 bits per heavy atom. The molecule has 0 saturated heterocycles. The van der Waals surface area contributed by atoms with Gasteiger partial charge in [-0.05, 0) is 48.9 Å². The highest BCUT2D eigenvalue weighted by Crippen LogP contribution is 2.19. The average molecular weight is 245 g/mol. The highest BCUT2D eigenvalue weighted by molar-refractivity contribution is 5.27. The third-order valence-electron chi connectivity index (χ3n) is 2.72. The first-order valence-electron chi connectivity index (χ1n) is 5.94. The zero-order valence-electron chi connectivity index (χ0n) is 11.0. The number of hydrogen-bond acceptors (Lipinski definition) is 2. The van der Waals surface area contributed by atoms with E-state index in [4.69, 9.17) is 10.3 Å². The summed E-state index contributed by atoms with van der Waals surface area (Å²) in [5.74, 6) is 1.16. The van der Waals surface area contributed by atoms with Crippen LogP contribution in [0.1, 0.15) is 18.9 Å². The number of hydrogen-bond donors (Lipinski definition) is 0. The molecule has 1 rings (SSSR count). The molecule has 4 heteroatoms. The van der Waals surface area contributed by atoms with Crippen molar-refractivity contribution in [3.05, 3.63) is 52.4 Å². The fourth-order valence-corrected chi connectivity index (χ4v) is 1.94. The SMILES string of the molecule is C=C(C)C[C@@H](CN=[N+]=[N-])Cc1ccc(OC)cc1. The smallest absolute Gasteiger partial charge is 0.118 e. The summed E-state index contributed by atoms with van der Waals surface area (Å²) in [7, 11) is 1.65. The summed E-state index contributed by atoms with van der Waals surface area (Å²) in [5.41, 5.74) is 10.7. The topological polar surface area (TPSA) is 58.0 Å². The third-order valence-corrected chi connectivity index (χ3v) is 2.72. The molecule has 4 nitrogen and oxygen atoms in total. The lowest BCUT2D eigenvalue weighted by Gasteiger charge is -2.14. The van der Waals surface area contributed by atoms with Gasteiger partial charge in [-0.2, -0.15) is 0 Å². The Kier molecular flexibility index (Phi) is 5.81. The largest absolute Gasteiger partial charge is 0.497 e. The minimum atomic E-state index is 0.312. The van der Waals surface area contributed by atoms with E-state index < -0.39 is 0 Å². The summed E-state index contributed by atoms with van der Waals surface area (Å²) < 4.78 is 5.12. The van der Waals surface area contributed by atoms with Crippen LogP contribution in [0.3, 0.4) is 0 Å². The maximum Gasteiger partial charge on any atom is 0.118 e. The summed E-state index contributed by atoms with van der Waals surface area (Å²) in [4.78, 5) is 2.83. The van der Waals surface area contributed by atoms with Crippen molar-refractivity contribution in [2.24, 2.45) is 11.0 Å². The number of benzene rings is 1. The molecule has 0 unspecified atom stereocenters. The van der Waals surface area contributed by atoms with Gasteiger partial charge in [0, 0.05) is 11.5 Å². The van der Waals surface area contributed by atoms with Crippen LogP contribution in [0, 0.1) is 5.92 Å². The predicted molar refractivity (Wildman–Crippen MR) is 73.6 cm³/mol. The van der Waals surface area contributed by atoms with Gasteiger partial charge in [0.15, 0.2) is 0 Å². The Labute approximate surface area is 108 Å². The first-order valence-corrected chi connectivity index (χ1v) is 5.94. The molecular weight excluding hydrogens is 226 g/mol. The summed E-state index contributed by atoms with van der Waals surface area (Å²) in [6.07, 6.45) is 1.76. The number of methoxy groups -OCH3 is 1. The standard InChI is InChI=1S/C14H19N3O/c1-11(2)8-13(10-16-17-15)9-12-4-6-14(18-3)7-5-12/h4-7,13H,1,8-10H2,2-3H3/t13-/m1/s1. The van der Waals surface area contributed by atoms with Crippen molar-refractivity contribution < 1.29 is 4.74 Å². The molecule has 0 aromatic heterocycles. The van der Waals surface area contributed by atoms with Gasteiger partial charge >= 0.3 is 0 Å². The number of ether oxygens (including phenoxy) is 1. The second kappa shape index (κ2) is 7.41. The summed E-state index contributed by atoms with van der Waals surface area (Å²) in [5, 5.41) is 3.67. The van der Waals surface area contributed by atoms with Crippen LogP contribution in [0.4, 0.5) is 0 Å². The summed E-state index contributed by atoms with van der Waals surface area (Å²) >= 11 is 0. The van der Waals surface area contributed by atoms with Crippen LogP contribution in [0.25, 0.3) is 10.4 Å². The molecule has 18 heavy (non-hydrogen) atoms. The van der Waals surface area contributed by atoms with Crippen LogP contribution < -0.4 is 4.74 Å². The van der Waals surface area contributed by atoms with E-state index in [2.05, 4.69) is 16.6 Å². The van der Waals surface area contributed by atoms with E-state index >= 15 is 0 Å². The monoisotopic (exact) mass is 245 g/mol. The zero-order valence-corrected chi connectivity index (χ0v) is 11.0. The molecule has 0 heterocycles. The van der Waals surface area contributed by atoms with Gasteiger partial charge in [-0.25, -0.2) is 0 Å². The molecule has 0 aliphatic heterocycles. The van der Waals surface area contributed by atoms with Gasteiger partial charge in [-0.15, -0.1) is 6.58 Å². The molecule has 0 radical (unpaired) electrons. The van der Waals surface area contributed by atoms with Gasteiger partial charge < -0.3 is 4.74 Å². The quantitative estimate of drug-likeness (QED) is 0.308. The molecule has 0 aliphatic rings. The van der Waals surface area contributed by atoms with Gasteiger partial charge in [0.2, 0.25) is 0 Å². The molecule has 1 aromatic rings. The molecule has 0 spiro atoms. The molecule has 0 aliphatic carbocycles. The van der Waals surface area contributed by atoms with Gasteiger partial charge in [-0.1, -0.05) is 22.8 Å². The molecular formula is C14H19N3O. The lowest BCUT2D eigenvalue weighted by Crippen LogP contribution is -2.08. The van der Waals surface area contributed by atoms with Gasteiger partial charge in [0.25, 0.3) is 0 Å². The third kappa shape index (κ3) is 4.93. The summed E-state index contributed by atoms with van der Waals surface area (Å²) in [6, 6.07) is 7.97. The molecule has 0 fully saturated rings. The highest BCUT2D eigenvalue weighted by atomic mass is 16.5. The predicted octanol–water partition coefficient (Wildman–Crippen LogP) is 4.13. The van der Waals surface area contributed by atoms with Crippen molar-refractivity contribution >= 4 is 0 Å². The van der Waals surface area contributed by atoms with E-state index in [1.54, 1.807) is 7.11 Å². The molecule has 0 N–H and O–H groups in total.